The topological polar surface area (TPSA) is 63.5 Å². The van der Waals surface area contributed by atoms with E-state index in [0.29, 0.717) is 25.2 Å². The van der Waals surface area contributed by atoms with E-state index in [-0.39, 0.29) is 6.10 Å². The molecule has 168 valence electrons. The molecule has 1 heterocycles. The Bertz CT molecular complexity index is 1080. The zero-order chi connectivity index (χ0) is 23.3. The van der Waals surface area contributed by atoms with Crippen molar-refractivity contribution in [3.63, 3.8) is 0 Å². The van der Waals surface area contributed by atoms with E-state index in [1.165, 1.54) is 0 Å². The summed E-state index contributed by atoms with van der Waals surface area (Å²) in [6, 6.07) is 16.1. The summed E-state index contributed by atoms with van der Waals surface area (Å²) in [7, 11) is 0. The van der Waals surface area contributed by atoms with Crippen LogP contribution in [0.3, 0.4) is 0 Å². The Labute approximate surface area is 190 Å². The highest BCUT2D eigenvalue weighted by molar-refractivity contribution is 5.91. The fraction of sp³-hybridized carbons (Fsp3) is 0.296. The molecule has 0 saturated carbocycles. The number of benzene rings is 2. The number of aromatic nitrogens is 1. The molecule has 0 saturated heterocycles. The standard InChI is InChI=1S/C27H32N2O3/c1-6-21-7-9-23(10-8-21)17-29-19(4)25(26(20(29)5)27(30)31)16-28-15-22-11-13-24(14-12-22)32-18(2)3/h6-14,18,28H,1,15-17H2,2-5H3,(H,30,31). The quantitative estimate of drug-likeness (QED) is 0.440. The summed E-state index contributed by atoms with van der Waals surface area (Å²) in [6.07, 6.45) is 1.95. The van der Waals surface area contributed by atoms with Crippen molar-refractivity contribution in [1.29, 1.82) is 0 Å². The second kappa shape index (κ2) is 10.3. The molecule has 3 aromatic rings. The molecule has 0 radical (unpaired) electrons. The van der Waals surface area contributed by atoms with Crippen molar-refractivity contribution in [2.45, 2.75) is 53.4 Å². The maximum Gasteiger partial charge on any atom is 0.337 e. The molecule has 0 aliphatic heterocycles. The number of nitrogens with zero attached hydrogens (tertiary/aromatic N) is 1. The minimum absolute atomic E-state index is 0.142. The number of carbonyl (C=O) groups is 1. The molecule has 0 unspecified atom stereocenters. The molecule has 5 heteroatoms. The number of nitrogens with one attached hydrogen (secondary N) is 1. The third-order valence-corrected chi connectivity index (χ3v) is 5.61. The van der Waals surface area contributed by atoms with Gasteiger partial charge in [0.15, 0.2) is 0 Å². The Kier molecular flexibility index (Phi) is 7.54. The van der Waals surface area contributed by atoms with E-state index in [0.717, 1.165) is 39.4 Å². The lowest BCUT2D eigenvalue weighted by molar-refractivity contribution is 0.0694. The minimum Gasteiger partial charge on any atom is -0.491 e. The first-order chi connectivity index (χ1) is 15.3. The Hall–Kier alpha value is -3.31. The molecule has 2 N–H and O–H groups in total. The van der Waals surface area contributed by atoms with Gasteiger partial charge < -0.3 is 19.7 Å². The first-order valence-corrected chi connectivity index (χ1v) is 10.9. The van der Waals surface area contributed by atoms with Gasteiger partial charge in [0.1, 0.15) is 5.75 Å². The van der Waals surface area contributed by atoms with E-state index in [1.54, 1.807) is 0 Å². The first kappa shape index (κ1) is 23.4. The van der Waals surface area contributed by atoms with E-state index < -0.39 is 5.97 Å². The van der Waals surface area contributed by atoms with Gasteiger partial charge in [-0.1, -0.05) is 49.1 Å². The summed E-state index contributed by atoms with van der Waals surface area (Å²) in [5, 5.41) is 13.3. The summed E-state index contributed by atoms with van der Waals surface area (Å²) in [4.78, 5) is 12.0. The van der Waals surface area contributed by atoms with Gasteiger partial charge in [0.05, 0.1) is 11.7 Å². The van der Waals surface area contributed by atoms with Crippen LogP contribution >= 0.6 is 0 Å². The summed E-state index contributed by atoms with van der Waals surface area (Å²) >= 11 is 0. The summed E-state index contributed by atoms with van der Waals surface area (Å²) in [5.41, 5.74) is 6.27. The van der Waals surface area contributed by atoms with Crippen LogP contribution in [0.15, 0.2) is 55.1 Å². The van der Waals surface area contributed by atoms with Crippen LogP contribution in [0.5, 0.6) is 5.75 Å². The van der Waals surface area contributed by atoms with Crippen molar-refractivity contribution in [3.05, 3.63) is 94.3 Å². The number of ether oxygens (including phenoxy) is 1. The molecular formula is C27H32N2O3. The second-order valence-corrected chi connectivity index (χ2v) is 8.28. The number of hydrogen-bond donors (Lipinski definition) is 2. The Morgan fingerprint density at radius 2 is 1.66 bits per heavy atom. The van der Waals surface area contributed by atoms with Gasteiger partial charge in [0, 0.05) is 36.6 Å². The fourth-order valence-electron chi connectivity index (χ4n) is 3.92. The maximum absolute atomic E-state index is 12.0. The largest absolute Gasteiger partial charge is 0.491 e. The fourth-order valence-corrected chi connectivity index (χ4v) is 3.92. The Balaban J connectivity index is 1.74. The predicted octanol–water partition coefficient (Wildman–Crippen LogP) is 5.57. The molecule has 0 spiro atoms. The van der Waals surface area contributed by atoms with Crippen LogP contribution in [0.1, 0.15) is 57.8 Å². The van der Waals surface area contributed by atoms with E-state index in [4.69, 9.17) is 4.74 Å². The summed E-state index contributed by atoms with van der Waals surface area (Å²) in [5.74, 6) is -0.0417. The average Bonchev–Trinajstić information content (AvgIpc) is 2.99. The van der Waals surface area contributed by atoms with Crippen LogP contribution in [-0.2, 0) is 19.6 Å². The summed E-state index contributed by atoms with van der Waals surface area (Å²) < 4.78 is 7.77. The van der Waals surface area contributed by atoms with Gasteiger partial charge in [0.2, 0.25) is 0 Å². The number of carboxylic acids is 1. The second-order valence-electron chi connectivity index (χ2n) is 8.28. The van der Waals surface area contributed by atoms with E-state index in [9.17, 15) is 9.90 Å². The molecular weight excluding hydrogens is 400 g/mol. The molecule has 0 aliphatic carbocycles. The van der Waals surface area contributed by atoms with Crippen molar-refractivity contribution >= 4 is 12.0 Å². The first-order valence-electron chi connectivity index (χ1n) is 10.9. The van der Waals surface area contributed by atoms with Gasteiger partial charge in [-0.3, -0.25) is 0 Å². The third-order valence-electron chi connectivity index (χ3n) is 5.61. The van der Waals surface area contributed by atoms with Crippen LogP contribution < -0.4 is 10.1 Å². The molecule has 0 bridgehead atoms. The van der Waals surface area contributed by atoms with Crippen LogP contribution in [0.2, 0.25) is 0 Å². The molecule has 0 atom stereocenters. The smallest absolute Gasteiger partial charge is 0.337 e. The molecule has 0 aliphatic rings. The van der Waals surface area contributed by atoms with Gasteiger partial charge in [-0.2, -0.15) is 0 Å². The van der Waals surface area contributed by atoms with Crippen molar-refractivity contribution in [2.24, 2.45) is 0 Å². The lowest BCUT2D eigenvalue weighted by Crippen LogP contribution is -2.15. The van der Waals surface area contributed by atoms with Crippen LogP contribution in [-0.4, -0.2) is 21.7 Å². The zero-order valence-corrected chi connectivity index (χ0v) is 19.3. The predicted molar refractivity (Wildman–Crippen MR) is 129 cm³/mol. The summed E-state index contributed by atoms with van der Waals surface area (Å²) in [6.45, 7) is 13.4. The number of aromatic carboxylic acids is 1. The van der Waals surface area contributed by atoms with E-state index in [2.05, 4.69) is 28.6 Å². The lowest BCUT2D eigenvalue weighted by Gasteiger charge is -2.11. The number of carboxylic acid groups (broad SMARTS) is 1. The Morgan fingerprint density at radius 3 is 2.22 bits per heavy atom. The number of hydrogen-bond acceptors (Lipinski definition) is 3. The van der Waals surface area contributed by atoms with Crippen molar-refractivity contribution in [2.75, 3.05) is 0 Å². The Morgan fingerprint density at radius 1 is 1.03 bits per heavy atom. The highest BCUT2D eigenvalue weighted by atomic mass is 16.5. The monoisotopic (exact) mass is 432 g/mol. The van der Waals surface area contributed by atoms with Crippen LogP contribution in [0, 0.1) is 13.8 Å². The molecule has 1 aromatic heterocycles. The van der Waals surface area contributed by atoms with Gasteiger partial charge in [0.25, 0.3) is 0 Å². The van der Waals surface area contributed by atoms with E-state index in [1.807, 2.05) is 70.2 Å². The normalized spacial score (nSPS) is 11.0. The highest BCUT2D eigenvalue weighted by Crippen LogP contribution is 2.24. The van der Waals surface area contributed by atoms with Crippen molar-refractivity contribution in [1.82, 2.24) is 9.88 Å². The molecule has 0 fully saturated rings. The van der Waals surface area contributed by atoms with Crippen LogP contribution in [0.4, 0.5) is 0 Å². The average molecular weight is 433 g/mol. The maximum atomic E-state index is 12.0. The molecule has 32 heavy (non-hydrogen) atoms. The third kappa shape index (κ3) is 5.48. The van der Waals surface area contributed by atoms with Gasteiger partial charge in [-0.25, -0.2) is 4.79 Å². The lowest BCUT2D eigenvalue weighted by atomic mass is 10.1. The van der Waals surface area contributed by atoms with Crippen molar-refractivity contribution in [3.8, 4) is 5.75 Å². The minimum atomic E-state index is -0.890. The highest BCUT2D eigenvalue weighted by Gasteiger charge is 2.22. The SMILES string of the molecule is C=Cc1ccc(Cn2c(C)c(CNCc3ccc(OC(C)C)cc3)c(C(=O)O)c2C)cc1. The van der Waals surface area contributed by atoms with Crippen LogP contribution in [0.25, 0.3) is 6.08 Å². The molecule has 2 aromatic carbocycles. The molecule has 0 amide bonds. The van der Waals surface area contributed by atoms with Gasteiger partial charge in [-0.15, -0.1) is 0 Å². The van der Waals surface area contributed by atoms with E-state index >= 15 is 0 Å². The zero-order valence-electron chi connectivity index (χ0n) is 19.3. The molecule has 3 rings (SSSR count). The molecule has 5 nitrogen and oxygen atoms in total. The van der Waals surface area contributed by atoms with Gasteiger partial charge in [-0.05, 0) is 56.5 Å². The van der Waals surface area contributed by atoms with Gasteiger partial charge >= 0.3 is 5.97 Å². The van der Waals surface area contributed by atoms with Crippen molar-refractivity contribution < 1.29 is 14.6 Å². The number of rotatable bonds is 10.